The molecule has 4 nitrogen and oxygen atoms in total. The molecule has 0 aliphatic carbocycles. The van der Waals surface area contributed by atoms with Gasteiger partial charge in [-0.25, -0.2) is 4.98 Å². The van der Waals surface area contributed by atoms with Gasteiger partial charge in [-0.05, 0) is 30.7 Å². The van der Waals surface area contributed by atoms with Crippen LogP contribution in [0.3, 0.4) is 0 Å². The molecule has 0 aliphatic rings. The van der Waals surface area contributed by atoms with Crippen LogP contribution in [0.5, 0.6) is 11.6 Å². The number of aliphatic hydroxyl groups is 1. The van der Waals surface area contributed by atoms with Crippen LogP contribution in [0.15, 0.2) is 42.6 Å². The first-order valence-corrected chi connectivity index (χ1v) is 5.53. The summed E-state index contributed by atoms with van der Waals surface area (Å²) in [5.74, 6) is 0.902. The Morgan fingerprint density at radius 1 is 1.33 bits per heavy atom. The van der Waals surface area contributed by atoms with E-state index in [0.717, 1.165) is 5.56 Å². The standard InChI is InChI=1S/C14H13NO3/c1-10(17)12-5-6-15-14(8-12)18-13-4-2-3-11(7-13)9-16/h2-8,16H,9H2,1H3. The summed E-state index contributed by atoms with van der Waals surface area (Å²) in [6.07, 6.45) is 1.53. The molecule has 1 aromatic carbocycles. The molecular weight excluding hydrogens is 230 g/mol. The summed E-state index contributed by atoms with van der Waals surface area (Å²) in [6, 6.07) is 10.3. The van der Waals surface area contributed by atoms with Gasteiger partial charge in [-0.15, -0.1) is 0 Å². The molecule has 0 atom stereocenters. The average molecular weight is 243 g/mol. The van der Waals surface area contributed by atoms with Gasteiger partial charge in [0.15, 0.2) is 5.78 Å². The van der Waals surface area contributed by atoms with Gasteiger partial charge in [0.2, 0.25) is 5.88 Å². The Hall–Kier alpha value is -2.20. The van der Waals surface area contributed by atoms with Gasteiger partial charge in [0.1, 0.15) is 5.75 Å². The molecule has 2 aromatic rings. The predicted octanol–water partition coefficient (Wildman–Crippen LogP) is 2.57. The maximum absolute atomic E-state index is 11.2. The minimum Gasteiger partial charge on any atom is -0.439 e. The lowest BCUT2D eigenvalue weighted by atomic mass is 10.2. The van der Waals surface area contributed by atoms with Gasteiger partial charge in [0.25, 0.3) is 0 Å². The second-order valence-electron chi connectivity index (χ2n) is 3.85. The van der Waals surface area contributed by atoms with Crippen LogP contribution in [0.25, 0.3) is 0 Å². The Balaban J connectivity index is 2.22. The van der Waals surface area contributed by atoms with E-state index in [0.29, 0.717) is 17.2 Å². The van der Waals surface area contributed by atoms with E-state index in [1.54, 1.807) is 36.4 Å². The highest BCUT2D eigenvalue weighted by Crippen LogP contribution is 2.21. The normalized spacial score (nSPS) is 10.1. The second-order valence-corrected chi connectivity index (χ2v) is 3.85. The highest BCUT2D eigenvalue weighted by Gasteiger charge is 2.04. The quantitative estimate of drug-likeness (QED) is 0.838. The zero-order valence-corrected chi connectivity index (χ0v) is 9.96. The summed E-state index contributed by atoms with van der Waals surface area (Å²) in [7, 11) is 0. The number of nitrogens with zero attached hydrogens (tertiary/aromatic N) is 1. The van der Waals surface area contributed by atoms with Crippen LogP contribution in [0.2, 0.25) is 0 Å². The summed E-state index contributed by atoms with van der Waals surface area (Å²) in [6.45, 7) is 1.45. The highest BCUT2D eigenvalue weighted by molar-refractivity contribution is 5.94. The van der Waals surface area contributed by atoms with Crippen molar-refractivity contribution in [1.82, 2.24) is 4.98 Å². The largest absolute Gasteiger partial charge is 0.439 e. The Bertz CT molecular complexity index is 566. The molecule has 0 unspecified atom stereocenters. The summed E-state index contributed by atoms with van der Waals surface area (Å²) in [5.41, 5.74) is 1.31. The topological polar surface area (TPSA) is 59.4 Å². The van der Waals surface area contributed by atoms with E-state index in [9.17, 15) is 4.79 Å². The van der Waals surface area contributed by atoms with E-state index in [2.05, 4.69) is 4.98 Å². The number of carbonyl (C=O) groups is 1. The maximum atomic E-state index is 11.2. The monoisotopic (exact) mass is 243 g/mol. The third-order valence-corrected chi connectivity index (χ3v) is 2.44. The molecule has 18 heavy (non-hydrogen) atoms. The van der Waals surface area contributed by atoms with Gasteiger partial charge >= 0.3 is 0 Å². The van der Waals surface area contributed by atoms with Crippen LogP contribution in [0.1, 0.15) is 22.8 Å². The molecule has 0 amide bonds. The molecule has 1 aromatic heterocycles. The minimum absolute atomic E-state index is 0.0358. The van der Waals surface area contributed by atoms with Gasteiger partial charge in [-0.3, -0.25) is 4.79 Å². The highest BCUT2D eigenvalue weighted by atomic mass is 16.5. The molecule has 0 fully saturated rings. The van der Waals surface area contributed by atoms with Gasteiger partial charge in [-0.2, -0.15) is 0 Å². The van der Waals surface area contributed by atoms with Crippen molar-refractivity contribution in [3.63, 3.8) is 0 Å². The van der Waals surface area contributed by atoms with Gasteiger partial charge < -0.3 is 9.84 Å². The molecule has 0 radical (unpaired) electrons. The number of aromatic nitrogens is 1. The van der Waals surface area contributed by atoms with E-state index < -0.39 is 0 Å². The lowest BCUT2D eigenvalue weighted by Gasteiger charge is -2.06. The number of ketones is 1. The fourth-order valence-corrected chi connectivity index (χ4v) is 1.51. The molecule has 92 valence electrons. The molecule has 0 saturated carbocycles. The van der Waals surface area contributed by atoms with E-state index in [4.69, 9.17) is 9.84 Å². The van der Waals surface area contributed by atoms with E-state index in [-0.39, 0.29) is 12.4 Å². The van der Waals surface area contributed by atoms with Crippen molar-refractivity contribution in [3.05, 3.63) is 53.7 Å². The van der Waals surface area contributed by atoms with E-state index >= 15 is 0 Å². The first-order chi connectivity index (χ1) is 8.69. The second kappa shape index (κ2) is 5.42. The van der Waals surface area contributed by atoms with Crippen molar-refractivity contribution < 1.29 is 14.6 Å². The van der Waals surface area contributed by atoms with Crippen LogP contribution < -0.4 is 4.74 Å². The first kappa shape index (κ1) is 12.3. The summed E-state index contributed by atoms with van der Waals surface area (Å²) in [5, 5.41) is 9.03. The SMILES string of the molecule is CC(=O)c1ccnc(Oc2cccc(CO)c2)c1. The Kier molecular flexibility index (Phi) is 3.69. The predicted molar refractivity (Wildman–Crippen MR) is 66.7 cm³/mol. The number of carbonyl (C=O) groups excluding carboxylic acids is 1. The van der Waals surface area contributed by atoms with Crippen molar-refractivity contribution >= 4 is 5.78 Å². The molecule has 0 aliphatic heterocycles. The fourth-order valence-electron chi connectivity index (χ4n) is 1.51. The molecule has 0 spiro atoms. The maximum Gasteiger partial charge on any atom is 0.219 e. The number of hydrogen-bond donors (Lipinski definition) is 1. The third kappa shape index (κ3) is 2.93. The molecule has 4 heteroatoms. The lowest BCUT2D eigenvalue weighted by Crippen LogP contribution is -1.95. The molecule has 2 rings (SSSR count). The van der Waals surface area contributed by atoms with Crippen LogP contribution in [0.4, 0.5) is 0 Å². The third-order valence-electron chi connectivity index (χ3n) is 2.44. The number of benzene rings is 1. The van der Waals surface area contributed by atoms with Crippen LogP contribution in [0, 0.1) is 0 Å². The minimum atomic E-state index is -0.0435. The fraction of sp³-hybridized carbons (Fsp3) is 0.143. The van der Waals surface area contributed by atoms with E-state index in [1.807, 2.05) is 0 Å². The Morgan fingerprint density at radius 2 is 2.17 bits per heavy atom. The summed E-state index contributed by atoms with van der Waals surface area (Å²) < 4.78 is 5.54. The molecule has 1 N–H and O–H groups in total. The van der Waals surface area contributed by atoms with Gasteiger partial charge in [-0.1, -0.05) is 12.1 Å². The number of pyridine rings is 1. The van der Waals surface area contributed by atoms with Crippen molar-refractivity contribution in [2.75, 3.05) is 0 Å². The Morgan fingerprint density at radius 3 is 2.89 bits per heavy atom. The number of Topliss-reactive ketones (excluding diaryl/α,β-unsaturated/α-hetero) is 1. The first-order valence-electron chi connectivity index (χ1n) is 5.53. The van der Waals surface area contributed by atoms with Crippen molar-refractivity contribution in [2.24, 2.45) is 0 Å². The summed E-state index contributed by atoms with van der Waals surface area (Å²) in [4.78, 5) is 15.3. The summed E-state index contributed by atoms with van der Waals surface area (Å²) >= 11 is 0. The number of hydrogen-bond acceptors (Lipinski definition) is 4. The molecule has 1 heterocycles. The van der Waals surface area contributed by atoms with Crippen LogP contribution in [-0.2, 0) is 6.61 Å². The number of ether oxygens (including phenoxy) is 1. The van der Waals surface area contributed by atoms with E-state index in [1.165, 1.54) is 13.1 Å². The average Bonchev–Trinajstić information content (AvgIpc) is 2.39. The zero-order chi connectivity index (χ0) is 13.0. The number of rotatable bonds is 4. The van der Waals surface area contributed by atoms with Crippen LogP contribution in [-0.4, -0.2) is 15.9 Å². The van der Waals surface area contributed by atoms with Gasteiger partial charge in [0.05, 0.1) is 6.61 Å². The van der Waals surface area contributed by atoms with Crippen molar-refractivity contribution in [2.45, 2.75) is 13.5 Å². The lowest BCUT2D eigenvalue weighted by molar-refractivity contribution is 0.101. The number of aliphatic hydroxyl groups excluding tert-OH is 1. The van der Waals surface area contributed by atoms with Crippen molar-refractivity contribution in [3.8, 4) is 11.6 Å². The molecule has 0 bridgehead atoms. The molecule has 0 saturated heterocycles. The van der Waals surface area contributed by atoms with Gasteiger partial charge in [0, 0.05) is 17.8 Å². The smallest absolute Gasteiger partial charge is 0.219 e. The van der Waals surface area contributed by atoms with Crippen molar-refractivity contribution in [1.29, 1.82) is 0 Å². The zero-order valence-electron chi connectivity index (χ0n) is 9.96. The molecular formula is C14H13NO3. The Labute approximate surface area is 105 Å². The van der Waals surface area contributed by atoms with Crippen LogP contribution >= 0.6 is 0 Å².